The smallest absolute Gasteiger partial charge is 0.344 e. The number of ketones is 1. The van der Waals surface area contributed by atoms with Crippen molar-refractivity contribution in [2.45, 2.75) is 13.8 Å². The van der Waals surface area contributed by atoms with Crippen molar-refractivity contribution in [2.24, 2.45) is 0 Å². The molecule has 2 N–H and O–H groups in total. The Morgan fingerprint density at radius 3 is 2.63 bits per heavy atom. The van der Waals surface area contributed by atoms with Gasteiger partial charge in [0.25, 0.3) is 0 Å². The first-order valence-corrected chi connectivity index (χ1v) is 9.28. The van der Waals surface area contributed by atoms with Gasteiger partial charge >= 0.3 is 5.97 Å². The van der Waals surface area contributed by atoms with Gasteiger partial charge in [-0.3, -0.25) is 4.79 Å². The summed E-state index contributed by atoms with van der Waals surface area (Å²) in [6.07, 6.45) is 1.65. The molecule has 6 heteroatoms. The average molecular weight is 381 g/mol. The number of rotatable bonds is 5. The van der Waals surface area contributed by atoms with E-state index in [9.17, 15) is 14.7 Å². The van der Waals surface area contributed by atoms with E-state index >= 15 is 0 Å². The van der Waals surface area contributed by atoms with Gasteiger partial charge < -0.3 is 15.2 Å². The highest BCUT2D eigenvalue weighted by molar-refractivity contribution is 8.08. The van der Waals surface area contributed by atoms with Gasteiger partial charge in [0.15, 0.2) is 0 Å². The molecule has 0 spiro atoms. The summed E-state index contributed by atoms with van der Waals surface area (Å²) >= 11 is 1.18. The number of allylic oxidation sites excluding steroid dienone is 1. The maximum Gasteiger partial charge on any atom is 0.344 e. The highest BCUT2D eigenvalue weighted by Crippen LogP contribution is 2.40. The van der Waals surface area contributed by atoms with Crippen LogP contribution in [0.2, 0.25) is 0 Å². The van der Waals surface area contributed by atoms with Crippen LogP contribution >= 0.6 is 11.8 Å². The van der Waals surface area contributed by atoms with E-state index in [-0.39, 0.29) is 17.9 Å². The van der Waals surface area contributed by atoms with Crippen molar-refractivity contribution in [3.05, 3.63) is 75.2 Å². The second-order valence-corrected chi connectivity index (χ2v) is 7.00. The molecule has 0 fully saturated rings. The third-order valence-corrected chi connectivity index (χ3v) is 4.88. The van der Waals surface area contributed by atoms with Crippen LogP contribution in [0.5, 0.6) is 5.75 Å². The lowest BCUT2D eigenvalue weighted by Crippen LogP contribution is -2.16. The molecule has 0 unspecified atom stereocenters. The Bertz CT molecular complexity index is 945. The number of phenolic OH excluding ortho intramolecular Hbond substituents is 1. The number of aryl methyl sites for hydroxylation is 1. The standard InChI is InChI=1S/C21H19NO4S/c1-3-26-21(25)18-19(24)17(12-14-5-4-6-16(23)11-14)27-20(18)22-15-9-7-13(2)8-10-15/h4-12,22-23H,3H2,1-2H3/b17-12-. The third kappa shape index (κ3) is 4.41. The van der Waals surface area contributed by atoms with E-state index < -0.39 is 11.8 Å². The lowest BCUT2D eigenvalue weighted by atomic mass is 10.1. The molecular formula is C21H19NO4S. The van der Waals surface area contributed by atoms with Gasteiger partial charge in [-0.25, -0.2) is 4.79 Å². The molecule has 0 bridgehead atoms. The summed E-state index contributed by atoms with van der Waals surface area (Å²) in [5, 5.41) is 13.2. The van der Waals surface area contributed by atoms with Gasteiger partial charge in [-0.05, 0) is 49.8 Å². The Morgan fingerprint density at radius 1 is 1.22 bits per heavy atom. The fourth-order valence-electron chi connectivity index (χ4n) is 2.54. The Balaban J connectivity index is 1.94. The Kier molecular flexibility index (Phi) is 5.66. The van der Waals surface area contributed by atoms with Crippen LogP contribution in [-0.4, -0.2) is 23.5 Å². The number of nitrogens with one attached hydrogen (secondary N) is 1. The predicted octanol–water partition coefficient (Wildman–Crippen LogP) is 4.24. The van der Waals surface area contributed by atoms with Crippen molar-refractivity contribution in [2.75, 3.05) is 11.9 Å². The zero-order chi connectivity index (χ0) is 19.4. The van der Waals surface area contributed by atoms with Crippen LogP contribution in [0, 0.1) is 6.92 Å². The minimum atomic E-state index is -0.649. The van der Waals surface area contributed by atoms with Crippen molar-refractivity contribution in [3.8, 4) is 5.75 Å². The summed E-state index contributed by atoms with van der Waals surface area (Å²) in [4.78, 5) is 25.5. The van der Waals surface area contributed by atoms with Crippen LogP contribution in [0.3, 0.4) is 0 Å². The van der Waals surface area contributed by atoms with Crippen LogP contribution in [0.15, 0.2) is 64.0 Å². The van der Waals surface area contributed by atoms with Gasteiger partial charge in [0, 0.05) is 5.69 Å². The Morgan fingerprint density at radius 2 is 1.96 bits per heavy atom. The number of anilines is 1. The number of esters is 1. The molecule has 0 saturated heterocycles. The third-order valence-electron chi connectivity index (χ3n) is 3.85. The largest absolute Gasteiger partial charge is 0.508 e. The second kappa shape index (κ2) is 8.14. The first kappa shape index (κ1) is 18.8. The van der Waals surface area contributed by atoms with Crippen LogP contribution in [0.4, 0.5) is 5.69 Å². The van der Waals surface area contributed by atoms with Crippen molar-refractivity contribution >= 4 is 35.3 Å². The van der Waals surface area contributed by atoms with E-state index in [2.05, 4.69) is 5.32 Å². The van der Waals surface area contributed by atoms with E-state index in [0.29, 0.717) is 15.5 Å². The number of thioether (sulfide) groups is 1. The Hall–Kier alpha value is -2.99. The summed E-state index contributed by atoms with van der Waals surface area (Å²) < 4.78 is 5.06. The maximum atomic E-state index is 12.8. The molecule has 0 aromatic heterocycles. The summed E-state index contributed by atoms with van der Waals surface area (Å²) in [6.45, 7) is 3.86. The van der Waals surface area contributed by atoms with E-state index in [1.165, 1.54) is 11.8 Å². The molecule has 0 saturated carbocycles. The number of hydrogen-bond acceptors (Lipinski definition) is 6. The molecule has 2 aromatic carbocycles. The molecule has 1 aliphatic rings. The first-order chi connectivity index (χ1) is 13.0. The van der Waals surface area contributed by atoms with E-state index in [1.807, 2.05) is 31.2 Å². The van der Waals surface area contributed by atoms with Gasteiger partial charge in [-0.15, -0.1) is 0 Å². The molecule has 0 amide bonds. The fraction of sp³-hybridized carbons (Fsp3) is 0.143. The topological polar surface area (TPSA) is 75.6 Å². The van der Waals surface area contributed by atoms with E-state index in [1.54, 1.807) is 37.3 Å². The van der Waals surface area contributed by atoms with Gasteiger partial charge in [0.2, 0.25) is 5.78 Å². The summed E-state index contributed by atoms with van der Waals surface area (Å²) in [7, 11) is 0. The summed E-state index contributed by atoms with van der Waals surface area (Å²) in [6, 6.07) is 14.2. The normalized spacial score (nSPS) is 15.3. The number of carbonyl (C=O) groups excluding carboxylic acids is 2. The summed E-state index contributed by atoms with van der Waals surface area (Å²) in [5.41, 5.74) is 2.55. The zero-order valence-electron chi connectivity index (χ0n) is 15.0. The quantitative estimate of drug-likeness (QED) is 0.458. The van der Waals surface area contributed by atoms with Gasteiger partial charge in [0.05, 0.1) is 16.5 Å². The summed E-state index contributed by atoms with van der Waals surface area (Å²) in [5.74, 6) is -0.934. The van der Waals surface area contributed by atoms with Crippen LogP contribution in [0.25, 0.3) is 6.08 Å². The van der Waals surface area contributed by atoms with E-state index in [4.69, 9.17) is 4.74 Å². The van der Waals surface area contributed by atoms with Crippen molar-refractivity contribution < 1.29 is 19.4 Å². The van der Waals surface area contributed by atoms with Gasteiger partial charge in [-0.2, -0.15) is 0 Å². The number of benzene rings is 2. The number of ether oxygens (including phenoxy) is 1. The molecule has 5 nitrogen and oxygen atoms in total. The van der Waals surface area contributed by atoms with Crippen LogP contribution in [-0.2, 0) is 14.3 Å². The lowest BCUT2D eigenvalue weighted by Gasteiger charge is -2.08. The number of Topliss-reactive ketones (excluding diaryl/α,β-unsaturated/α-hetero) is 1. The molecular weight excluding hydrogens is 362 g/mol. The van der Waals surface area contributed by atoms with Crippen molar-refractivity contribution in [1.29, 1.82) is 0 Å². The second-order valence-electron chi connectivity index (χ2n) is 5.95. The number of hydrogen-bond donors (Lipinski definition) is 2. The predicted molar refractivity (Wildman–Crippen MR) is 107 cm³/mol. The fourth-order valence-corrected chi connectivity index (χ4v) is 3.60. The molecule has 0 aliphatic carbocycles. The molecule has 27 heavy (non-hydrogen) atoms. The first-order valence-electron chi connectivity index (χ1n) is 8.46. The van der Waals surface area contributed by atoms with Crippen molar-refractivity contribution in [3.63, 3.8) is 0 Å². The molecule has 2 aromatic rings. The lowest BCUT2D eigenvalue weighted by molar-refractivity contribution is -0.139. The molecule has 0 atom stereocenters. The SMILES string of the molecule is CCOC(=O)C1=C(Nc2ccc(C)cc2)S/C(=C\c2cccc(O)c2)C1=O. The minimum Gasteiger partial charge on any atom is -0.508 e. The number of aromatic hydroxyl groups is 1. The average Bonchev–Trinajstić information content (AvgIpc) is 2.92. The molecule has 0 radical (unpaired) electrons. The Labute approximate surface area is 161 Å². The van der Waals surface area contributed by atoms with Crippen LogP contribution in [0.1, 0.15) is 18.1 Å². The molecule has 1 heterocycles. The molecule has 138 valence electrons. The monoisotopic (exact) mass is 381 g/mol. The zero-order valence-corrected chi connectivity index (χ0v) is 15.8. The maximum absolute atomic E-state index is 12.8. The highest BCUT2D eigenvalue weighted by atomic mass is 32.2. The van der Waals surface area contributed by atoms with E-state index in [0.717, 1.165) is 11.3 Å². The van der Waals surface area contributed by atoms with Crippen LogP contribution < -0.4 is 5.32 Å². The molecule has 1 aliphatic heterocycles. The highest BCUT2D eigenvalue weighted by Gasteiger charge is 2.35. The number of phenols is 1. The van der Waals surface area contributed by atoms with Gasteiger partial charge in [0.1, 0.15) is 11.3 Å². The number of carbonyl (C=O) groups is 2. The van der Waals surface area contributed by atoms with Gasteiger partial charge in [-0.1, -0.05) is 41.6 Å². The van der Waals surface area contributed by atoms with Crippen molar-refractivity contribution in [1.82, 2.24) is 0 Å². The minimum absolute atomic E-state index is 0.00571. The molecule has 3 rings (SSSR count).